The van der Waals surface area contributed by atoms with Crippen LogP contribution in [-0.4, -0.2) is 37.7 Å². The van der Waals surface area contributed by atoms with Crippen molar-refractivity contribution in [1.29, 1.82) is 0 Å². The van der Waals surface area contributed by atoms with Crippen LogP contribution in [0.15, 0.2) is 30.3 Å². The first-order chi connectivity index (χ1) is 14.3. The second-order valence-electron chi connectivity index (χ2n) is 6.81. The van der Waals surface area contributed by atoms with Crippen LogP contribution in [0.3, 0.4) is 0 Å². The lowest BCUT2D eigenvalue weighted by atomic mass is 10.0. The Balaban J connectivity index is 2.28. The molecule has 30 heavy (non-hydrogen) atoms. The molecule has 0 aliphatic carbocycles. The summed E-state index contributed by atoms with van der Waals surface area (Å²) in [5.74, 6) is 0.338. The van der Waals surface area contributed by atoms with E-state index in [-0.39, 0.29) is 11.3 Å². The fourth-order valence-corrected chi connectivity index (χ4v) is 2.92. The fourth-order valence-electron chi connectivity index (χ4n) is 2.92. The van der Waals surface area contributed by atoms with Gasteiger partial charge in [-0.25, -0.2) is 4.79 Å². The molecule has 0 saturated heterocycles. The lowest BCUT2D eigenvalue weighted by Gasteiger charge is -2.18. The second kappa shape index (κ2) is 10.7. The number of ketones is 1. The second-order valence-corrected chi connectivity index (χ2v) is 6.81. The van der Waals surface area contributed by atoms with E-state index in [2.05, 4.69) is 0 Å². The Morgan fingerprint density at radius 1 is 0.800 bits per heavy atom. The summed E-state index contributed by atoms with van der Waals surface area (Å²) in [6, 6.07) is 8.52. The van der Waals surface area contributed by atoms with Crippen molar-refractivity contribution in [2.45, 2.75) is 47.6 Å². The van der Waals surface area contributed by atoms with Gasteiger partial charge in [0.05, 0.1) is 25.4 Å². The number of hydrogen-bond donors (Lipinski definition) is 0. The van der Waals surface area contributed by atoms with E-state index in [1.54, 1.807) is 31.2 Å². The molecule has 0 saturated carbocycles. The largest absolute Gasteiger partial charge is 0.490 e. The lowest BCUT2D eigenvalue weighted by molar-refractivity contribution is 0.0318. The van der Waals surface area contributed by atoms with Gasteiger partial charge >= 0.3 is 5.97 Å². The molecule has 2 rings (SSSR count). The van der Waals surface area contributed by atoms with Crippen molar-refractivity contribution in [3.8, 4) is 17.2 Å². The van der Waals surface area contributed by atoms with Crippen LogP contribution in [0.5, 0.6) is 17.2 Å². The van der Waals surface area contributed by atoms with Crippen molar-refractivity contribution in [3.05, 3.63) is 52.6 Å². The predicted molar refractivity (Wildman–Crippen MR) is 115 cm³/mol. The van der Waals surface area contributed by atoms with E-state index in [1.807, 2.05) is 40.7 Å². The predicted octanol–water partition coefficient (Wildman–Crippen LogP) is 4.93. The molecule has 0 aromatic heterocycles. The Morgan fingerprint density at radius 2 is 1.37 bits per heavy atom. The summed E-state index contributed by atoms with van der Waals surface area (Å²) in [4.78, 5) is 25.5. The summed E-state index contributed by atoms with van der Waals surface area (Å²) in [5, 5.41) is 0. The zero-order chi connectivity index (χ0) is 22.3. The number of Topliss-reactive ketones (excluding diaryl/α,β-unsaturated/α-hetero) is 1. The molecule has 0 heterocycles. The maximum atomic E-state index is 12.8. The van der Waals surface area contributed by atoms with Gasteiger partial charge in [-0.05, 0) is 70.9 Å². The van der Waals surface area contributed by atoms with Gasteiger partial charge in [0, 0.05) is 5.56 Å². The van der Waals surface area contributed by atoms with E-state index in [9.17, 15) is 9.59 Å². The molecule has 162 valence electrons. The molecule has 2 aromatic rings. The van der Waals surface area contributed by atoms with Gasteiger partial charge < -0.3 is 18.9 Å². The van der Waals surface area contributed by atoms with E-state index in [0.717, 1.165) is 11.1 Å². The van der Waals surface area contributed by atoms with Crippen LogP contribution < -0.4 is 14.2 Å². The van der Waals surface area contributed by atoms with Gasteiger partial charge in [-0.15, -0.1) is 0 Å². The van der Waals surface area contributed by atoms with Crippen LogP contribution in [-0.2, 0) is 4.74 Å². The number of aryl methyl sites for hydroxylation is 2. The SMILES string of the molecule is CCOc1cc(C(=O)O[C@H](C)C(=O)c2ccc(C)c(C)c2)cc(OCC)c1OCC. The Morgan fingerprint density at radius 3 is 1.87 bits per heavy atom. The first-order valence-corrected chi connectivity index (χ1v) is 10.2. The molecule has 0 aliphatic rings. The highest BCUT2D eigenvalue weighted by Crippen LogP contribution is 2.39. The molecule has 0 aliphatic heterocycles. The summed E-state index contributed by atoms with van der Waals surface area (Å²) in [7, 11) is 0. The molecule has 6 heteroatoms. The number of carbonyl (C=O) groups is 2. The Hall–Kier alpha value is -3.02. The monoisotopic (exact) mass is 414 g/mol. The molecule has 0 bridgehead atoms. The Kier molecular flexibility index (Phi) is 8.27. The molecule has 6 nitrogen and oxygen atoms in total. The number of esters is 1. The normalized spacial score (nSPS) is 11.5. The maximum Gasteiger partial charge on any atom is 0.339 e. The highest BCUT2D eigenvalue weighted by atomic mass is 16.6. The van der Waals surface area contributed by atoms with Crippen molar-refractivity contribution in [3.63, 3.8) is 0 Å². The van der Waals surface area contributed by atoms with Crippen LogP contribution in [0.4, 0.5) is 0 Å². The number of benzene rings is 2. The summed E-state index contributed by atoms with van der Waals surface area (Å²) in [6.07, 6.45) is -0.933. The molecule has 1 atom stereocenters. The van der Waals surface area contributed by atoms with Crippen molar-refractivity contribution in [2.24, 2.45) is 0 Å². The summed E-state index contributed by atoms with van der Waals surface area (Å²) in [5.41, 5.74) is 2.84. The van der Waals surface area contributed by atoms with Crippen LogP contribution in [0.2, 0.25) is 0 Å². The number of rotatable bonds is 10. The lowest BCUT2D eigenvalue weighted by Crippen LogP contribution is -2.24. The molecular formula is C24H30O6. The van der Waals surface area contributed by atoms with Gasteiger partial charge in [-0.2, -0.15) is 0 Å². The maximum absolute atomic E-state index is 12.8. The molecule has 0 fully saturated rings. The minimum Gasteiger partial charge on any atom is -0.490 e. The molecule has 0 spiro atoms. The molecular weight excluding hydrogens is 384 g/mol. The number of hydrogen-bond acceptors (Lipinski definition) is 6. The van der Waals surface area contributed by atoms with Gasteiger partial charge in [0.15, 0.2) is 17.6 Å². The summed E-state index contributed by atoms with van der Waals surface area (Å²) in [6.45, 7) is 12.2. The van der Waals surface area contributed by atoms with Crippen molar-refractivity contribution >= 4 is 11.8 Å². The molecule has 0 amide bonds. The van der Waals surface area contributed by atoms with E-state index in [1.165, 1.54) is 0 Å². The third-order valence-corrected chi connectivity index (χ3v) is 4.59. The van der Waals surface area contributed by atoms with Gasteiger partial charge in [-0.3, -0.25) is 4.79 Å². The van der Waals surface area contributed by atoms with E-state index in [4.69, 9.17) is 18.9 Å². The average molecular weight is 414 g/mol. The Bertz CT molecular complexity index is 876. The minimum atomic E-state index is -0.933. The standard InChI is InChI=1S/C24H30O6/c1-7-27-20-13-19(14-21(28-8-2)23(20)29-9-3)24(26)30-17(6)22(25)18-11-10-15(4)16(5)12-18/h10-14,17H,7-9H2,1-6H3/t17-/m1/s1. The topological polar surface area (TPSA) is 71.1 Å². The van der Waals surface area contributed by atoms with Gasteiger partial charge in [0.1, 0.15) is 0 Å². The summed E-state index contributed by atoms with van der Waals surface area (Å²) < 4.78 is 22.4. The van der Waals surface area contributed by atoms with Crippen molar-refractivity contribution in [1.82, 2.24) is 0 Å². The van der Waals surface area contributed by atoms with E-state index >= 15 is 0 Å². The third-order valence-electron chi connectivity index (χ3n) is 4.59. The average Bonchev–Trinajstić information content (AvgIpc) is 2.71. The Labute approximate surface area is 178 Å². The molecule has 0 N–H and O–H groups in total. The van der Waals surface area contributed by atoms with Crippen molar-refractivity contribution < 1.29 is 28.5 Å². The van der Waals surface area contributed by atoms with Crippen LogP contribution >= 0.6 is 0 Å². The number of carbonyl (C=O) groups excluding carboxylic acids is 2. The third kappa shape index (κ3) is 5.53. The molecule has 2 aromatic carbocycles. The minimum absolute atomic E-state index is 0.227. The highest BCUT2D eigenvalue weighted by molar-refractivity contribution is 6.01. The van der Waals surface area contributed by atoms with Crippen LogP contribution in [0.25, 0.3) is 0 Å². The van der Waals surface area contributed by atoms with Gasteiger partial charge in [-0.1, -0.05) is 12.1 Å². The zero-order valence-corrected chi connectivity index (χ0v) is 18.5. The van der Waals surface area contributed by atoms with Crippen molar-refractivity contribution in [2.75, 3.05) is 19.8 Å². The first kappa shape index (κ1) is 23.3. The molecule has 0 radical (unpaired) electrons. The van der Waals surface area contributed by atoms with E-state index in [0.29, 0.717) is 42.6 Å². The first-order valence-electron chi connectivity index (χ1n) is 10.2. The van der Waals surface area contributed by atoms with Crippen LogP contribution in [0.1, 0.15) is 59.5 Å². The highest BCUT2D eigenvalue weighted by Gasteiger charge is 2.24. The smallest absolute Gasteiger partial charge is 0.339 e. The van der Waals surface area contributed by atoms with Gasteiger partial charge in [0.2, 0.25) is 11.5 Å². The summed E-state index contributed by atoms with van der Waals surface area (Å²) >= 11 is 0. The van der Waals surface area contributed by atoms with E-state index < -0.39 is 12.1 Å². The fraction of sp³-hybridized carbons (Fsp3) is 0.417. The quantitative estimate of drug-likeness (QED) is 0.406. The molecule has 0 unspecified atom stereocenters. The van der Waals surface area contributed by atoms with Crippen LogP contribution in [0, 0.1) is 13.8 Å². The number of ether oxygens (including phenoxy) is 4. The zero-order valence-electron chi connectivity index (χ0n) is 18.5. The van der Waals surface area contributed by atoms with Gasteiger partial charge in [0.25, 0.3) is 0 Å².